The number of ether oxygens (including phenoxy) is 1. The number of hydrogen-bond acceptors (Lipinski definition) is 2. The van der Waals surface area contributed by atoms with Crippen LogP contribution in [0.2, 0.25) is 0 Å². The molecule has 0 saturated heterocycles. The number of carbonyl (C=O) groups excluding carboxylic acids is 1. The topological polar surface area (TPSA) is 26.3 Å². The Hall–Kier alpha value is -2.94. The summed E-state index contributed by atoms with van der Waals surface area (Å²) >= 11 is 0. The summed E-state index contributed by atoms with van der Waals surface area (Å²) in [5, 5.41) is 0. The van der Waals surface area contributed by atoms with Crippen LogP contribution in [0.4, 0.5) is 4.39 Å². The van der Waals surface area contributed by atoms with E-state index in [2.05, 4.69) is 50.2 Å². The molecule has 0 radical (unpaired) electrons. The van der Waals surface area contributed by atoms with Crippen LogP contribution >= 0.6 is 0 Å². The predicted octanol–water partition coefficient (Wildman–Crippen LogP) is 9.36. The van der Waals surface area contributed by atoms with E-state index in [-0.39, 0.29) is 6.42 Å². The second-order valence-corrected chi connectivity index (χ2v) is 9.62. The lowest BCUT2D eigenvalue weighted by Crippen LogP contribution is -2.34. The third kappa shape index (κ3) is 7.78. The Labute approximate surface area is 210 Å². The molecule has 2 nitrogen and oxygen atoms in total. The fraction of sp³-hybridized carbons (Fsp3) is 0.406. The first-order chi connectivity index (χ1) is 16.9. The molecular formula is C32H39FO2. The molecule has 3 aromatic rings. The van der Waals surface area contributed by atoms with Gasteiger partial charge in [0, 0.05) is 0 Å². The minimum absolute atomic E-state index is 0.183. The fourth-order valence-corrected chi connectivity index (χ4v) is 4.32. The summed E-state index contributed by atoms with van der Waals surface area (Å²) in [6.45, 7) is 5.60. The van der Waals surface area contributed by atoms with Gasteiger partial charge in [0.05, 0.1) is 0 Å². The summed E-state index contributed by atoms with van der Waals surface area (Å²) in [4.78, 5) is 12.4. The minimum atomic E-state index is -1.97. The molecule has 0 aliphatic heterocycles. The van der Waals surface area contributed by atoms with Gasteiger partial charge in [-0.05, 0) is 72.6 Å². The van der Waals surface area contributed by atoms with Gasteiger partial charge in [0.2, 0.25) is 5.67 Å². The average molecular weight is 475 g/mol. The lowest BCUT2D eigenvalue weighted by molar-refractivity contribution is -0.147. The van der Waals surface area contributed by atoms with E-state index in [0.717, 1.165) is 36.0 Å². The molecule has 0 spiro atoms. The van der Waals surface area contributed by atoms with Gasteiger partial charge in [0.1, 0.15) is 5.75 Å². The smallest absolute Gasteiger partial charge is 0.348 e. The molecule has 0 N–H and O–H groups in total. The summed E-state index contributed by atoms with van der Waals surface area (Å²) in [5.74, 6) is -0.459. The van der Waals surface area contributed by atoms with Crippen molar-refractivity contribution in [3.05, 3.63) is 78.4 Å². The molecule has 0 heterocycles. The minimum Gasteiger partial charge on any atom is -0.424 e. The van der Waals surface area contributed by atoms with Crippen LogP contribution in [0, 0.1) is 0 Å². The van der Waals surface area contributed by atoms with E-state index in [1.165, 1.54) is 43.7 Å². The molecule has 0 saturated carbocycles. The molecule has 186 valence electrons. The van der Waals surface area contributed by atoms with Crippen molar-refractivity contribution in [2.75, 3.05) is 0 Å². The zero-order chi connectivity index (χ0) is 25.1. The highest BCUT2D eigenvalue weighted by Crippen LogP contribution is 2.33. The van der Waals surface area contributed by atoms with E-state index in [0.29, 0.717) is 12.2 Å². The molecule has 3 heteroatoms. The summed E-state index contributed by atoms with van der Waals surface area (Å²) in [6, 6.07) is 24.5. The third-order valence-electron chi connectivity index (χ3n) is 6.56. The molecular weight excluding hydrogens is 435 g/mol. The van der Waals surface area contributed by atoms with Crippen LogP contribution in [0.1, 0.15) is 77.7 Å². The molecule has 0 bridgehead atoms. The van der Waals surface area contributed by atoms with Crippen LogP contribution in [0.25, 0.3) is 22.3 Å². The van der Waals surface area contributed by atoms with Crippen molar-refractivity contribution in [3.8, 4) is 28.0 Å². The Morgan fingerprint density at radius 3 is 1.86 bits per heavy atom. The lowest BCUT2D eigenvalue weighted by Gasteiger charge is -2.18. The number of carbonyl (C=O) groups is 1. The molecule has 0 aliphatic carbocycles. The zero-order valence-corrected chi connectivity index (χ0v) is 21.5. The number of rotatable bonds is 13. The van der Waals surface area contributed by atoms with Gasteiger partial charge in [-0.1, -0.05) is 107 Å². The van der Waals surface area contributed by atoms with Crippen LogP contribution in [-0.4, -0.2) is 11.6 Å². The van der Waals surface area contributed by atoms with E-state index < -0.39 is 11.6 Å². The van der Waals surface area contributed by atoms with Gasteiger partial charge in [0.15, 0.2) is 0 Å². The lowest BCUT2D eigenvalue weighted by atomic mass is 9.93. The van der Waals surface area contributed by atoms with E-state index in [9.17, 15) is 9.18 Å². The normalized spacial score (nSPS) is 12.8. The van der Waals surface area contributed by atoms with Gasteiger partial charge < -0.3 is 4.74 Å². The predicted molar refractivity (Wildman–Crippen MR) is 144 cm³/mol. The van der Waals surface area contributed by atoms with Gasteiger partial charge in [-0.15, -0.1) is 0 Å². The number of aryl methyl sites for hydroxylation is 1. The first kappa shape index (κ1) is 26.7. The van der Waals surface area contributed by atoms with Crippen LogP contribution in [0.5, 0.6) is 5.75 Å². The number of hydrogen-bond donors (Lipinski definition) is 0. The average Bonchev–Trinajstić information content (AvgIpc) is 2.87. The number of unbranched alkanes of at least 4 members (excludes halogenated alkanes) is 5. The fourth-order valence-electron chi connectivity index (χ4n) is 4.32. The van der Waals surface area contributed by atoms with Crippen LogP contribution < -0.4 is 4.74 Å². The maximum atomic E-state index is 14.7. The molecule has 1 unspecified atom stereocenters. The highest BCUT2D eigenvalue weighted by molar-refractivity contribution is 5.84. The van der Waals surface area contributed by atoms with Crippen molar-refractivity contribution in [3.63, 3.8) is 0 Å². The highest BCUT2D eigenvalue weighted by Gasteiger charge is 2.34. The molecule has 35 heavy (non-hydrogen) atoms. The van der Waals surface area contributed by atoms with Crippen molar-refractivity contribution < 1.29 is 13.9 Å². The second-order valence-electron chi connectivity index (χ2n) is 9.62. The molecule has 0 aliphatic rings. The molecule has 3 rings (SSSR count). The molecule has 0 amide bonds. The zero-order valence-electron chi connectivity index (χ0n) is 21.5. The SMILES string of the molecule is CCCCCCc1ccc(-c2ccccc2-c2ccc(OC(=O)C(C)(F)CCCCC)cc2)cc1. The Kier molecular flexibility index (Phi) is 10.1. The van der Waals surface area contributed by atoms with Crippen molar-refractivity contribution in [1.29, 1.82) is 0 Å². The summed E-state index contributed by atoms with van der Waals surface area (Å²) in [6.07, 6.45) is 8.95. The third-order valence-corrected chi connectivity index (χ3v) is 6.56. The van der Waals surface area contributed by atoms with Crippen LogP contribution in [0.15, 0.2) is 72.8 Å². The molecule has 0 aromatic heterocycles. The Morgan fingerprint density at radius 2 is 1.29 bits per heavy atom. The van der Waals surface area contributed by atoms with Crippen LogP contribution in [-0.2, 0) is 11.2 Å². The maximum absolute atomic E-state index is 14.7. The van der Waals surface area contributed by atoms with E-state index in [1.807, 2.05) is 24.3 Å². The number of benzene rings is 3. The molecule has 3 aromatic carbocycles. The van der Waals surface area contributed by atoms with E-state index in [1.54, 1.807) is 12.1 Å². The van der Waals surface area contributed by atoms with Gasteiger partial charge in [-0.25, -0.2) is 9.18 Å². The Bertz CT molecular complexity index is 1050. The van der Waals surface area contributed by atoms with Gasteiger partial charge in [-0.2, -0.15) is 0 Å². The molecule has 0 fully saturated rings. The van der Waals surface area contributed by atoms with Crippen molar-refractivity contribution in [2.24, 2.45) is 0 Å². The first-order valence-corrected chi connectivity index (χ1v) is 13.1. The maximum Gasteiger partial charge on any atom is 0.348 e. The Balaban J connectivity index is 1.70. The van der Waals surface area contributed by atoms with Crippen LogP contribution in [0.3, 0.4) is 0 Å². The standard InChI is InChI=1S/C32H39FO2/c1-4-6-8-9-13-25-16-18-26(19-17-25)29-14-10-11-15-30(29)27-20-22-28(23-21-27)35-31(34)32(3,33)24-12-7-5-2/h10-11,14-23H,4-9,12-13,24H2,1-3H3. The summed E-state index contributed by atoms with van der Waals surface area (Å²) in [5.41, 5.74) is 3.87. The van der Waals surface area contributed by atoms with E-state index >= 15 is 0 Å². The first-order valence-electron chi connectivity index (χ1n) is 13.1. The number of halogens is 1. The Morgan fingerprint density at radius 1 is 0.743 bits per heavy atom. The monoisotopic (exact) mass is 474 g/mol. The quantitative estimate of drug-likeness (QED) is 0.140. The van der Waals surface area contributed by atoms with Crippen molar-refractivity contribution >= 4 is 5.97 Å². The summed E-state index contributed by atoms with van der Waals surface area (Å²) < 4.78 is 20.1. The van der Waals surface area contributed by atoms with Gasteiger partial charge in [0.25, 0.3) is 0 Å². The van der Waals surface area contributed by atoms with Crippen molar-refractivity contribution in [1.82, 2.24) is 0 Å². The number of esters is 1. The summed E-state index contributed by atoms with van der Waals surface area (Å²) in [7, 11) is 0. The van der Waals surface area contributed by atoms with Crippen molar-refractivity contribution in [2.45, 2.75) is 84.2 Å². The second kappa shape index (κ2) is 13.2. The largest absolute Gasteiger partial charge is 0.424 e. The van der Waals surface area contributed by atoms with Gasteiger partial charge >= 0.3 is 5.97 Å². The number of alkyl halides is 1. The van der Waals surface area contributed by atoms with Gasteiger partial charge in [-0.3, -0.25) is 0 Å². The highest BCUT2D eigenvalue weighted by atomic mass is 19.1. The van der Waals surface area contributed by atoms with E-state index in [4.69, 9.17) is 4.74 Å². The molecule has 1 atom stereocenters.